The van der Waals surface area contributed by atoms with E-state index >= 15 is 0 Å². The molecule has 2 N–H and O–H groups in total. The second-order valence-corrected chi connectivity index (χ2v) is 6.41. The highest BCUT2D eigenvalue weighted by Gasteiger charge is 2.14. The molecule has 1 aromatic heterocycles. The van der Waals surface area contributed by atoms with E-state index in [1.807, 2.05) is 13.8 Å². The molecule has 8 nitrogen and oxygen atoms in total. The molecule has 0 fully saturated rings. The number of para-hydroxylation sites is 1. The van der Waals surface area contributed by atoms with Crippen LogP contribution in [0.25, 0.3) is 5.69 Å². The van der Waals surface area contributed by atoms with Crippen LogP contribution in [0.3, 0.4) is 0 Å². The topological polar surface area (TPSA) is 102 Å². The Balaban J connectivity index is 1.79. The zero-order valence-corrected chi connectivity index (χ0v) is 15.1. The number of benzene rings is 2. The third-order valence-electron chi connectivity index (χ3n) is 3.81. The summed E-state index contributed by atoms with van der Waals surface area (Å²) in [5.74, 6) is -0.208. The summed E-state index contributed by atoms with van der Waals surface area (Å²) < 4.78 is 1.46. The van der Waals surface area contributed by atoms with Crippen molar-refractivity contribution in [2.75, 3.05) is 11.9 Å². The monoisotopic (exact) mass is 364 g/mol. The van der Waals surface area contributed by atoms with Gasteiger partial charge in [-0.25, -0.2) is 4.68 Å². The molecule has 27 heavy (non-hydrogen) atoms. The highest BCUT2D eigenvalue weighted by molar-refractivity contribution is 6.09. The molecule has 0 unspecified atom stereocenters. The van der Waals surface area contributed by atoms with Gasteiger partial charge in [-0.05, 0) is 46.7 Å². The Morgan fingerprint density at radius 3 is 2.63 bits per heavy atom. The SMILES string of the molecule is CC(C)CNC(=O)c1ccccc1NC(=O)c1cccc(-n2cnnn2)c1. The highest BCUT2D eigenvalue weighted by atomic mass is 16.2. The summed E-state index contributed by atoms with van der Waals surface area (Å²) in [4.78, 5) is 25.1. The summed E-state index contributed by atoms with van der Waals surface area (Å²) >= 11 is 0. The van der Waals surface area contributed by atoms with Gasteiger partial charge in [0.25, 0.3) is 11.8 Å². The van der Waals surface area contributed by atoms with Crippen molar-refractivity contribution in [2.24, 2.45) is 5.92 Å². The van der Waals surface area contributed by atoms with Crippen LogP contribution in [-0.4, -0.2) is 38.6 Å². The molecule has 1 heterocycles. The van der Waals surface area contributed by atoms with E-state index in [2.05, 4.69) is 26.2 Å². The van der Waals surface area contributed by atoms with Gasteiger partial charge in [-0.1, -0.05) is 32.0 Å². The first kappa shape index (κ1) is 18.2. The van der Waals surface area contributed by atoms with Gasteiger partial charge in [-0.2, -0.15) is 0 Å². The van der Waals surface area contributed by atoms with Gasteiger partial charge < -0.3 is 10.6 Å². The maximum absolute atomic E-state index is 12.7. The lowest BCUT2D eigenvalue weighted by molar-refractivity contribution is 0.0950. The van der Waals surface area contributed by atoms with Gasteiger partial charge in [-0.15, -0.1) is 5.10 Å². The molecule has 3 aromatic rings. The number of nitrogens with one attached hydrogen (secondary N) is 2. The number of amides is 2. The number of nitrogens with zero attached hydrogens (tertiary/aromatic N) is 4. The summed E-state index contributed by atoms with van der Waals surface area (Å²) in [6.45, 7) is 4.60. The molecule has 138 valence electrons. The lowest BCUT2D eigenvalue weighted by Gasteiger charge is -2.13. The molecule has 2 aromatic carbocycles. The van der Waals surface area contributed by atoms with E-state index in [9.17, 15) is 9.59 Å². The minimum Gasteiger partial charge on any atom is -0.352 e. The fraction of sp³-hybridized carbons (Fsp3) is 0.211. The first-order valence-electron chi connectivity index (χ1n) is 8.56. The van der Waals surface area contributed by atoms with E-state index < -0.39 is 0 Å². The average Bonchev–Trinajstić information content (AvgIpc) is 3.21. The van der Waals surface area contributed by atoms with Crippen LogP contribution in [0.4, 0.5) is 5.69 Å². The van der Waals surface area contributed by atoms with Crippen molar-refractivity contribution in [1.29, 1.82) is 0 Å². The molecule has 0 bridgehead atoms. The van der Waals surface area contributed by atoms with E-state index in [-0.39, 0.29) is 11.8 Å². The molecular formula is C19H20N6O2. The Morgan fingerprint density at radius 1 is 1.07 bits per heavy atom. The van der Waals surface area contributed by atoms with Crippen LogP contribution in [0.1, 0.15) is 34.6 Å². The molecule has 0 atom stereocenters. The van der Waals surface area contributed by atoms with Crippen LogP contribution in [0.5, 0.6) is 0 Å². The standard InChI is InChI=1S/C19H20N6O2/c1-13(2)11-20-19(27)16-8-3-4-9-17(16)22-18(26)14-6-5-7-15(10-14)25-12-21-23-24-25/h3-10,12-13H,11H2,1-2H3,(H,20,27)(H,22,26). The quantitative estimate of drug-likeness (QED) is 0.699. The molecule has 0 aliphatic carbocycles. The maximum Gasteiger partial charge on any atom is 0.255 e. The van der Waals surface area contributed by atoms with Crippen molar-refractivity contribution in [3.63, 3.8) is 0 Å². The summed E-state index contributed by atoms with van der Waals surface area (Å²) in [6.07, 6.45) is 1.45. The van der Waals surface area contributed by atoms with Crippen molar-refractivity contribution >= 4 is 17.5 Å². The summed E-state index contributed by atoms with van der Waals surface area (Å²) in [5, 5.41) is 16.7. The van der Waals surface area contributed by atoms with E-state index in [0.717, 1.165) is 0 Å². The molecule has 3 rings (SSSR count). The van der Waals surface area contributed by atoms with Gasteiger partial charge in [-0.3, -0.25) is 9.59 Å². The first-order chi connectivity index (χ1) is 13.0. The number of carbonyl (C=O) groups is 2. The molecule has 0 spiro atoms. The van der Waals surface area contributed by atoms with Crippen molar-refractivity contribution in [3.8, 4) is 5.69 Å². The molecule has 0 radical (unpaired) electrons. The molecule has 8 heteroatoms. The van der Waals surface area contributed by atoms with Crippen LogP contribution in [0.15, 0.2) is 54.9 Å². The minimum absolute atomic E-state index is 0.220. The molecule has 2 amide bonds. The molecular weight excluding hydrogens is 344 g/mol. The van der Waals surface area contributed by atoms with Crippen LogP contribution in [-0.2, 0) is 0 Å². The lowest BCUT2D eigenvalue weighted by Crippen LogP contribution is -2.28. The maximum atomic E-state index is 12.7. The van der Waals surface area contributed by atoms with Crippen LogP contribution in [0.2, 0.25) is 0 Å². The van der Waals surface area contributed by atoms with E-state index in [4.69, 9.17) is 0 Å². The zero-order valence-electron chi connectivity index (χ0n) is 15.1. The fourth-order valence-electron chi connectivity index (χ4n) is 2.45. The van der Waals surface area contributed by atoms with Gasteiger partial charge in [0.1, 0.15) is 6.33 Å². The third kappa shape index (κ3) is 4.55. The van der Waals surface area contributed by atoms with Crippen LogP contribution < -0.4 is 10.6 Å². The van der Waals surface area contributed by atoms with Gasteiger partial charge in [0, 0.05) is 12.1 Å². The Hall–Kier alpha value is -3.55. The van der Waals surface area contributed by atoms with Crippen LogP contribution in [0, 0.1) is 5.92 Å². The van der Waals surface area contributed by atoms with Crippen molar-refractivity contribution in [3.05, 3.63) is 66.0 Å². The molecule has 0 saturated heterocycles. The molecule has 0 aliphatic rings. The summed E-state index contributed by atoms with van der Waals surface area (Å²) in [7, 11) is 0. The molecule has 0 saturated carbocycles. The zero-order chi connectivity index (χ0) is 19.2. The normalized spacial score (nSPS) is 10.6. The number of anilines is 1. The number of hydrogen-bond donors (Lipinski definition) is 2. The van der Waals surface area contributed by atoms with Gasteiger partial charge in [0.2, 0.25) is 0 Å². The minimum atomic E-state index is -0.325. The number of hydrogen-bond acceptors (Lipinski definition) is 5. The van der Waals surface area contributed by atoms with Crippen molar-refractivity contribution in [1.82, 2.24) is 25.5 Å². The fourth-order valence-corrected chi connectivity index (χ4v) is 2.45. The van der Waals surface area contributed by atoms with E-state index in [0.29, 0.717) is 35.0 Å². The van der Waals surface area contributed by atoms with E-state index in [1.165, 1.54) is 11.0 Å². The highest BCUT2D eigenvalue weighted by Crippen LogP contribution is 2.17. The number of carbonyl (C=O) groups excluding carboxylic acids is 2. The molecule has 0 aliphatic heterocycles. The van der Waals surface area contributed by atoms with Gasteiger partial charge >= 0.3 is 0 Å². The lowest BCUT2D eigenvalue weighted by atomic mass is 10.1. The Bertz CT molecular complexity index is 937. The van der Waals surface area contributed by atoms with Gasteiger partial charge in [0.15, 0.2) is 0 Å². The van der Waals surface area contributed by atoms with Crippen molar-refractivity contribution < 1.29 is 9.59 Å². The Morgan fingerprint density at radius 2 is 1.89 bits per heavy atom. The number of rotatable bonds is 6. The Kier molecular flexibility index (Phi) is 5.55. The largest absolute Gasteiger partial charge is 0.352 e. The smallest absolute Gasteiger partial charge is 0.255 e. The summed E-state index contributed by atoms with van der Waals surface area (Å²) in [6, 6.07) is 13.8. The van der Waals surface area contributed by atoms with Crippen molar-refractivity contribution in [2.45, 2.75) is 13.8 Å². The number of aromatic nitrogens is 4. The average molecular weight is 364 g/mol. The second-order valence-electron chi connectivity index (χ2n) is 6.41. The second kappa shape index (κ2) is 8.22. The predicted octanol–water partition coefficient (Wildman–Crippen LogP) is 2.30. The summed E-state index contributed by atoms with van der Waals surface area (Å²) in [5.41, 5.74) is 1.97. The number of tetrazole rings is 1. The van der Waals surface area contributed by atoms with Gasteiger partial charge in [0.05, 0.1) is 16.9 Å². The van der Waals surface area contributed by atoms with Crippen LogP contribution >= 0.6 is 0 Å². The third-order valence-corrected chi connectivity index (χ3v) is 3.81. The predicted molar refractivity (Wildman–Crippen MR) is 101 cm³/mol. The Labute approximate surface area is 156 Å². The first-order valence-corrected chi connectivity index (χ1v) is 8.56. The van der Waals surface area contributed by atoms with E-state index in [1.54, 1.807) is 48.5 Å².